The molecule has 0 aliphatic carbocycles. The van der Waals surface area contributed by atoms with E-state index in [1.54, 1.807) is 23.8 Å². The lowest BCUT2D eigenvalue weighted by atomic mass is 9.87. The molecule has 0 bridgehead atoms. The third-order valence-electron chi connectivity index (χ3n) is 6.90. The standard InChI is InChI=1S/C30H38N4O3S/c1-8-16-31-24(35)17-33-25(36)18-38-27(21-13-9-10-15-23(21)37-7)26-28(30(4,5)6)32-34(29(26)33)22-14-11-12-19(2)20(22)3/h9-15,27H,8,16-18H2,1-7H3,(H,31,35). The number of carbonyl (C=O) groups excluding carboxylic acids is 2. The van der Waals surface area contributed by atoms with E-state index in [0.29, 0.717) is 12.4 Å². The van der Waals surface area contributed by atoms with Crippen LogP contribution >= 0.6 is 11.8 Å². The van der Waals surface area contributed by atoms with Crippen molar-refractivity contribution in [3.05, 3.63) is 70.4 Å². The number of nitrogens with zero attached hydrogens (tertiary/aromatic N) is 3. The highest BCUT2D eigenvalue weighted by Crippen LogP contribution is 2.50. The lowest BCUT2D eigenvalue weighted by Gasteiger charge is -2.25. The van der Waals surface area contributed by atoms with E-state index in [2.05, 4.69) is 52.1 Å². The van der Waals surface area contributed by atoms with Crippen LogP contribution in [0.4, 0.5) is 5.82 Å². The van der Waals surface area contributed by atoms with Crippen molar-refractivity contribution < 1.29 is 14.3 Å². The van der Waals surface area contributed by atoms with E-state index in [4.69, 9.17) is 9.84 Å². The van der Waals surface area contributed by atoms with E-state index in [9.17, 15) is 9.59 Å². The molecule has 0 fully saturated rings. The molecule has 1 unspecified atom stereocenters. The number of hydrogen-bond donors (Lipinski definition) is 1. The Hall–Kier alpha value is -3.26. The van der Waals surface area contributed by atoms with Gasteiger partial charge in [-0.15, -0.1) is 11.8 Å². The van der Waals surface area contributed by atoms with Crippen LogP contribution in [0.15, 0.2) is 42.5 Å². The van der Waals surface area contributed by atoms with Crippen LogP contribution in [0.3, 0.4) is 0 Å². The minimum Gasteiger partial charge on any atom is -0.496 e. The summed E-state index contributed by atoms with van der Waals surface area (Å²) in [5.74, 6) is 1.35. The van der Waals surface area contributed by atoms with E-state index in [0.717, 1.165) is 45.8 Å². The number of nitrogens with one attached hydrogen (secondary N) is 1. The molecule has 4 rings (SSSR count). The number of amides is 2. The highest BCUT2D eigenvalue weighted by atomic mass is 32.2. The summed E-state index contributed by atoms with van der Waals surface area (Å²) in [6.45, 7) is 13.1. The van der Waals surface area contributed by atoms with Crippen molar-refractivity contribution in [3.8, 4) is 11.4 Å². The molecule has 2 heterocycles. The lowest BCUT2D eigenvalue weighted by molar-refractivity contribution is -0.122. The van der Waals surface area contributed by atoms with Gasteiger partial charge in [0, 0.05) is 23.1 Å². The van der Waals surface area contributed by atoms with Gasteiger partial charge in [-0.05, 0) is 43.5 Å². The average Bonchev–Trinajstić information content (AvgIpc) is 3.22. The highest BCUT2D eigenvalue weighted by Gasteiger charge is 2.40. The summed E-state index contributed by atoms with van der Waals surface area (Å²) in [6, 6.07) is 14.0. The molecule has 1 aliphatic heterocycles. The first kappa shape index (κ1) is 27.8. The van der Waals surface area contributed by atoms with Gasteiger partial charge in [0.25, 0.3) is 0 Å². The van der Waals surface area contributed by atoms with Gasteiger partial charge in [-0.3, -0.25) is 14.5 Å². The van der Waals surface area contributed by atoms with Gasteiger partial charge in [-0.25, -0.2) is 4.68 Å². The summed E-state index contributed by atoms with van der Waals surface area (Å²) < 4.78 is 7.65. The number of hydrogen-bond acceptors (Lipinski definition) is 5. The van der Waals surface area contributed by atoms with Crippen LogP contribution in [0.5, 0.6) is 5.75 Å². The first-order chi connectivity index (χ1) is 18.1. The lowest BCUT2D eigenvalue weighted by Crippen LogP contribution is -2.42. The molecule has 202 valence electrons. The van der Waals surface area contributed by atoms with E-state index in [-0.39, 0.29) is 34.8 Å². The SMILES string of the molecule is CCCNC(=O)CN1C(=O)CSC(c2ccccc2OC)c2c(C(C)(C)C)nn(-c3cccc(C)c3C)c21. The van der Waals surface area contributed by atoms with Crippen LogP contribution in [-0.4, -0.2) is 47.5 Å². The van der Waals surface area contributed by atoms with E-state index < -0.39 is 0 Å². The number of thioether (sulfide) groups is 1. The van der Waals surface area contributed by atoms with Gasteiger partial charge in [-0.2, -0.15) is 5.10 Å². The molecular formula is C30H38N4O3S. The maximum Gasteiger partial charge on any atom is 0.240 e. The van der Waals surface area contributed by atoms with Gasteiger partial charge in [0.15, 0.2) is 0 Å². The van der Waals surface area contributed by atoms with Gasteiger partial charge in [0.2, 0.25) is 11.8 Å². The molecule has 7 nitrogen and oxygen atoms in total. The normalized spacial score (nSPS) is 15.7. The van der Waals surface area contributed by atoms with Crippen molar-refractivity contribution in [3.63, 3.8) is 0 Å². The van der Waals surface area contributed by atoms with Gasteiger partial charge in [0.1, 0.15) is 18.1 Å². The van der Waals surface area contributed by atoms with Crippen molar-refractivity contribution >= 4 is 29.4 Å². The second-order valence-corrected chi connectivity index (χ2v) is 11.8. The van der Waals surface area contributed by atoms with Crippen LogP contribution in [0.25, 0.3) is 5.69 Å². The molecule has 1 N–H and O–H groups in total. The zero-order valence-corrected chi connectivity index (χ0v) is 24.2. The summed E-state index contributed by atoms with van der Waals surface area (Å²) >= 11 is 1.56. The number of aryl methyl sites for hydroxylation is 1. The molecule has 0 saturated carbocycles. The van der Waals surface area contributed by atoms with Crippen molar-refractivity contribution in [1.29, 1.82) is 0 Å². The van der Waals surface area contributed by atoms with Crippen LogP contribution < -0.4 is 15.0 Å². The Balaban J connectivity index is 2.06. The molecule has 3 aromatic rings. The van der Waals surface area contributed by atoms with Crippen molar-refractivity contribution in [2.45, 2.75) is 58.6 Å². The maximum absolute atomic E-state index is 13.8. The third kappa shape index (κ3) is 5.32. The fourth-order valence-electron chi connectivity index (χ4n) is 4.80. The molecule has 8 heteroatoms. The quantitative estimate of drug-likeness (QED) is 0.434. The van der Waals surface area contributed by atoms with Crippen LogP contribution in [0, 0.1) is 13.8 Å². The Morgan fingerprint density at radius 2 is 1.89 bits per heavy atom. The third-order valence-corrected chi connectivity index (χ3v) is 8.14. The molecular weight excluding hydrogens is 496 g/mol. The highest BCUT2D eigenvalue weighted by molar-refractivity contribution is 8.00. The second kappa shape index (κ2) is 11.2. The first-order valence-electron chi connectivity index (χ1n) is 13.1. The van der Waals surface area contributed by atoms with Crippen molar-refractivity contribution in [2.75, 3.05) is 30.9 Å². The molecule has 0 radical (unpaired) electrons. The molecule has 2 amide bonds. The van der Waals surface area contributed by atoms with Gasteiger partial charge >= 0.3 is 0 Å². The summed E-state index contributed by atoms with van der Waals surface area (Å²) in [7, 11) is 1.67. The smallest absolute Gasteiger partial charge is 0.240 e. The predicted octanol–water partition coefficient (Wildman–Crippen LogP) is 5.49. The zero-order valence-electron chi connectivity index (χ0n) is 23.4. The van der Waals surface area contributed by atoms with Crippen LogP contribution in [-0.2, 0) is 15.0 Å². The number of para-hydroxylation sites is 1. The Bertz CT molecular complexity index is 1340. The number of benzene rings is 2. The zero-order chi connectivity index (χ0) is 27.6. The van der Waals surface area contributed by atoms with Crippen molar-refractivity contribution in [2.24, 2.45) is 0 Å². The number of carbonyl (C=O) groups is 2. The van der Waals surface area contributed by atoms with E-state index in [1.165, 1.54) is 0 Å². The van der Waals surface area contributed by atoms with Crippen LogP contribution in [0.1, 0.15) is 67.3 Å². The van der Waals surface area contributed by atoms with Crippen molar-refractivity contribution in [1.82, 2.24) is 15.1 Å². The fraction of sp³-hybridized carbons (Fsp3) is 0.433. The molecule has 38 heavy (non-hydrogen) atoms. The number of rotatable bonds is 7. The van der Waals surface area contributed by atoms with Gasteiger partial charge in [0.05, 0.1) is 29.5 Å². The van der Waals surface area contributed by atoms with Crippen LogP contribution in [0.2, 0.25) is 0 Å². The summed E-state index contributed by atoms with van der Waals surface area (Å²) in [5.41, 5.74) is 5.61. The molecule has 0 spiro atoms. The molecule has 0 saturated heterocycles. The minimum absolute atomic E-state index is 0.0643. The fourth-order valence-corrected chi connectivity index (χ4v) is 6.02. The average molecular weight is 535 g/mol. The molecule has 2 aromatic carbocycles. The molecule has 1 atom stereocenters. The Labute approximate surface area is 229 Å². The van der Waals surface area contributed by atoms with E-state index in [1.807, 2.05) is 41.9 Å². The number of methoxy groups -OCH3 is 1. The first-order valence-corrected chi connectivity index (χ1v) is 14.1. The second-order valence-electron chi connectivity index (χ2n) is 10.7. The van der Waals surface area contributed by atoms with Gasteiger partial charge in [-0.1, -0.05) is 58.0 Å². The number of anilines is 1. The van der Waals surface area contributed by atoms with E-state index >= 15 is 0 Å². The monoisotopic (exact) mass is 534 g/mol. The maximum atomic E-state index is 13.8. The number of aromatic nitrogens is 2. The predicted molar refractivity (Wildman–Crippen MR) is 155 cm³/mol. The minimum atomic E-state index is -0.322. The Kier molecular flexibility index (Phi) is 8.21. The Morgan fingerprint density at radius 1 is 1.16 bits per heavy atom. The summed E-state index contributed by atoms with van der Waals surface area (Å²) in [5, 5.41) is 7.93. The number of fused-ring (bicyclic) bond motifs is 1. The molecule has 1 aromatic heterocycles. The summed E-state index contributed by atoms with van der Waals surface area (Å²) in [4.78, 5) is 28.4. The Morgan fingerprint density at radius 3 is 2.58 bits per heavy atom. The van der Waals surface area contributed by atoms with Gasteiger partial charge < -0.3 is 10.1 Å². The summed E-state index contributed by atoms with van der Waals surface area (Å²) in [6.07, 6.45) is 0.825. The number of ether oxygens (including phenoxy) is 1. The topological polar surface area (TPSA) is 76.5 Å². The largest absolute Gasteiger partial charge is 0.496 e. The molecule has 1 aliphatic rings.